The molecule has 2 rings (SSSR count). The number of nitrogens with one attached hydrogen (secondary N) is 1. The predicted octanol–water partition coefficient (Wildman–Crippen LogP) is 1.35. The van der Waals surface area contributed by atoms with Crippen molar-refractivity contribution in [2.24, 2.45) is 0 Å². The van der Waals surface area contributed by atoms with E-state index in [1.807, 2.05) is 13.0 Å². The molecular formula is C11H18N4O. The molecule has 0 aromatic carbocycles. The molecule has 88 valence electrons. The van der Waals surface area contributed by atoms with E-state index in [9.17, 15) is 0 Å². The first-order valence-electron chi connectivity index (χ1n) is 5.54. The molecule has 2 heterocycles. The molecule has 1 saturated heterocycles. The minimum Gasteiger partial charge on any atom is -0.381 e. The highest BCUT2D eigenvalue weighted by Crippen LogP contribution is 2.24. The highest BCUT2D eigenvalue weighted by atomic mass is 16.5. The van der Waals surface area contributed by atoms with Gasteiger partial charge in [-0.05, 0) is 26.7 Å². The van der Waals surface area contributed by atoms with Gasteiger partial charge in [-0.3, -0.25) is 0 Å². The Bertz CT molecular complexity index is 354. The molecule has 0 atom stereocenters. The topological polar surface area (TPSA) is 73.1 Å². The fourth-order valence-electron chi connectivity index (χ4n) is 1.91. The third kappa shape index (κ3) is 2.61. The Labute approximate surface area is 95.4 Å². The Morgan fingerprint density at radius 1 is 1.38 bits per heavy atom. The molecule has 5 nitrogen and oxygen atoms in total. The van der Waals surface area contributed by atoms with E-state index in [0.717, 1.165) is 37.6 Å². The molecule has 1 fully saturated rings. The minimum atomic E-state index is 0.0471. The van der Waals surface area contributed by atoms with Crippen molar-refractivity contribution in [3.05, 3.63) is 11.8 Å². The van der Waals surface area contributed by atoms with Crippen molar-refractivity contribution in [2.45, 2.75) is 32.2 Å². The zero-order valence-corrected chi connectivity index (χ0v) is 9.79. The molecule has 3 N–H and O–H groups in total. The van der Waals surface area contributed by atoms with Gasteiger partial charge in [0, 0.05) is 30.5 Å². The van der Waals surface area contributed by atoms with Crippen LogP contribution >= 0.6 is 0 Å². The van der Waals surface area contributed by atoms with Crippen LogP contribution in [0.4, 0.5) is 11.8 Å². The van der Waals surface area contributed by atoms with Gasteiger partial charge in [-0.25, -0.2) is 4.98 Å². The second-order valence-corrected chi connectivity index (χ2v) is 4.55. The fraction of sp³-hybridized carbons (Fsp3) is 0.636. The summed E-state index contributed by atoms with van der Waals surface area (Å²) in [6, 6.07) is 1.91. The van der Waals surface area contributed by atoms with E-state index in [2.05, 4.69) is 22.2 Å². The molecule has 0 unspecified atom stereocenters. The van der Waals surface area contributed by atoms with Gasteiger partial charge in [-0.2, -0.15) is 4.98 Å². The summed E-state index contributed by atoms with van der Waals surface area (Å²) < 4.78 is 5.35. The van der Waals surface area contributed by atoms with Gasteiger partial charge in [0.05, 0.1) is 0 Å². The monoisotopic (exact) mass is 222 g/mol. The van der Waals surface area contributed by atoms with Crippen molar-refractivity contribution >= 4 is 11.8 Å². The summed E-state index contributed by atoms with van der Waals surface area (Å²) >= 11 is 0. The van der Waals surface area contributed by atoms with Crippen LogP contribution in [0.5, 0.6) is 0 Å². The lowest BCUT2D eigenvalue weighted by atomic mass is 9.92. The number of rotatable bonds is 2. The lowest BCUT2D eigenvalue weighted by Gasteiger charge is -2.34. The molecule has 0 aliphatic carbocycles. The molecule has 0 bridgehead atoms. The van der Waals surface area contributed by atoms with Gasteiger partial charge >= 0.3 is 0 Å². The lowest BCUT2D eigenvalue weighted by molar-refractivity contribution is 0.0657. The number of nitrogens with zero attached hydrogens (tertiary/aromatic N) is 2. The van der Waals surface area contributed by atoms with Gasteiger partial charge < -0.3 is 15.8 Å². The molecule has 0 radical (unpaired) electrons. The second kappa shape index (κ2) is 4.25. The number of hydrogen-bond acceptors (Lipinski definition) is 5. The number of ether oxygens (including phenoxy) is 1. The molecule has 0 amide bonds. The Morgan fingerprint density at radius 2 is 2.06 bits per heavy atom. The summed E-state index contributed by atoms with van der Waals surface area (Å²) in [7, 11) is 0. The number of hydrogen-bond donors (Lipinski definition) is 2. The quantitative estimate of drug-likeness (QED) is 0.790. The summed E-state index contributed by atoms with van der Waals surface area (Å²) in [5.41, 5.74) is 6.55. The first kappa shape index (κ1) is 11.1. The van der Waals surface area contributed by atoms with Gasteiger partial charge in [0.25, 0.3) is 0 Å². The highest BCUT2D eigenvalue weighted by molar-refractivity contribution is 5.42. The predicted molar refractivity (Wildman–Crippen MR) is 63.3 cm³/mol. The van der Waals surface area contributed by atoms with Gasteiger partial charge in [-0.1, -0.05) is 0 Å². The van der Waals surface area contributed by atoms with Gasteiger partial charge in [0.2, 0.25) is 5.95 Å². The molecule has 1 aliphatic heterocycles. The van der Waals surface area contributed by atoms with Crippen LogP contribution in [0.3, 0.4) is 0 Å². The van der Waals surface area contributed by atoms with E-state index in [-0.39, 0.29) is 5.54 Å². The summed E-state index contributed by atoms with van der Waals surface area (Å²) in [6.07, 6.45) is 1.96. The van der Waals surface area contributed by atoms with Crippen LogP contribution < -0.4 is 11.1 Å². The average molecular weight is 222 g/mol. The Morgan fingerprint density at radius 3 is 2.69 bits per heavy atom. The first-order chi connectivity index (χ1) is 7.57. The number of nitrogen functional groups attached to an aromatic ring is 1. The van der Waals surface area contributed by atoms with Crippen LogP contribution in [-0.4, -0.2) is 28.7 Å². The molecular weight excluding hydrogens is 204 g/mol. The maximum absolute atomic E-state index is 5.62. The maximum atomic E-state index is 5.62. The van der Waals surface area contributed by atoms with Crippen LogP contribution in [-0.2, 0) is 4.74 Å². The SMILES string of the molecule is Cc1cc(NC2(C)CCOCC2)nc(N)n1. The van der Waals surface area contributed by atoms with E-state index >= 15 is 0 Å². The van der Waals surface area contributed by atoms with E-state index in [0.29, 0.717) is 5.95 Å². The van der Waals surface area contributed by atoms with E-state index in [1.54, 1.807) is 0 Å². The van der Waals surface area contributed by atoms with Crippen molar-refractivity contribution in [2.75, 3.05) is 24.3 Å². The van der Waals surface area contributed by atoms with Crippen LogP contribution in [0.15, 0.2) is 6.07 Å². The normalized spacial score (nSPS) is 19.4. The summed E-state index contributed by atoms with van der Waals surface area (Å²) in [5, 5.41) is 3.43. The van der Waals surface area contributed by atoms with Crippen LogP contribution in [0.25, 0.3) is 0 Å². The summed E-state index contributed by atoms with van der Waals surface area (Å²) in [4.78, 5) is 8.24. The van der Waals surface area contributed by atoms with Crippen LogP contribution in [0, 0.1) is 6.92 Å². The van der Waals surface area contributed by atoms with Crippen molar-refractivity contribution in [3.63, 3.8) is 0 Å². The van der Waals surface area contributed by atoms with Crippen molar-refractivity contribution in [1.29, 1.82) is 0 Å². The molecule has 1 aromatic heterocycles. The summed E-state index contributed by atoms with van der Waals surface area (Å²) in [6.45, 7) is 5.69. The number of anilines is 2. The van der Waals surface area contributed by atoms with Crippen molar-refractivity contribution in [1.82, 2.24) is 9.97 Å². The molecule has 1 aliphatic rings. The summed E-state index contributed by atoms with van der Waals surface area (Å²) in [5.74, 6) is 1.12. The smallest absolute Gasteiger partial charge is 0.222 e. The van der Waals surface area contributed by atoms with Gasteiger partial charge in [0.1, 0.15) is 5.82 Å². The Kier molecular flexibility index (Phi) is 2.96. The zero-order valence-electron chi connectivity index (χ0n) is 9.79. The molecule has 0 saturated carbocycles. The van der Waals surface area contributed by atoms with E-state index in [4.69, 9.17) is 10.5 Å². The van der Waals surface area contributed by atoms with Crippen LogP contribution in [0.1, 0.15) is 25.5 Å². The second-order valence-electron chi connectivity index (χ2n) is 4.55. The Hall–Kier alpha value is -1.36. The van der Waals surface area contributed by atoms with Gasteiger partial charge in [0.15, 0.2) is 0 Å². The van der Waals surface area contributed by atoms with Gasteiger partial charge in [-0.15, -0.1) is 0 Å². The lowest BCUT2D eigenvalue weighted by Crippen LogP contribution is -2.40. The third-order valence-corrected chi connectivity index (χ3v) is 2.90. The zero-order chi connectivity index (χ0) is 11.6. The number of aryl methyl sites for hydroxylation is 1. The molecule has 0 spiro atoms. The number of aromatic nitrogens is 2. The maximum Gasteiger partial charge on any atom is 0.222 e. The standard InChI is InChI=1S/C11H18N4O/c1-8-7-9(14-10(12)13-8)15-11(2)3-5-16-6-4-11/h7H,3-6H2,1-2H3,(H3,12,13,14,15). The van der Waals surface area contributed by atoms with Crippen molar-refractivity contribution < 1.29 is 4.74 Å². The van der Waals surface area contributed by atoms with Crippen molar-refractivity contribution in [3.8, 4) is 0 Å². The minimum absolute atomic E-state index is 0.0471. The third-order valence-electron chi connectivity index (χ3n) is 2.90. The molecule has 1 aromatic rings. The van der Waals surface area contributed by atoms with Crippen LogP contribution in [0.2, 0.25) is 0 Å². The molecule has 16 heavy (non-hydrogen) atoms. The first-order valence-corrected chi connectivity index (χ1v) is 5.54. The molecule has 5 heteroatoms. The largest absolute Gasteiger partial charge is 0.381 e. The van der Waals surface area contributed by atoms with E-state index in [1.165, 1.54) is 0 Å². The fourth-order valence-corrected chi connectivity index (χ4v) is 1.91. The van der Waals surface area contributed by atoms with E-state index < -0.39 is 0 Å². The highest BCUT2D eigenvalue weighted by Gasteiger charge is 2.27. The average Bonchev–Trinajstić information content (AvgIpc) is 2.15. The number of nitrogens with two attached hydrogens (primary N) is 1. The Balaban J connectivity index is 2.13.